The molecule has 0 heterocycles. The maximum absolute atomic E-state index is 5.42. The van der Waals surface area contributed by atoms with Crippen LogP contribution in [0.3, 0.4) is 0 Å². The van der Waals surface area contributed by atoms with Gasteiger partial charge >= 0.3 is 0 Å². The van der Waals surface area contributed by atoms with Gasteiger partial charge in [0.05, 0.1) is 35.5 Å². The predicted molar refractivity (Wildman–Crippen MR) is 102 cm³/mol. The molecule has 2 rings (SSSR count). The lowest BCUT2D eigenvalue weighted by Crippen LogP contribution is -2.18. The highest BCUT2D eigenvalue weighted by Gasteiger charge is 2.15. The van der Waals surface area contributed by atoms with Gasteiger partial charge in [-0.2, -0.15) is 0 Å². The zero-order valence-electron chi connectivity index (χ0n) is 16.2. The minimum absolute atomic E-state index is 0.177. The van der Waals surface area contributed by atoms with E-state index in [-0.39, 0.29) is 6.04 Å². The van der Waals surface area contributed by atoms with Crippen molar-refractivity contribution in [3.05, 3.63) is 35.9 Å². The Morgan fingerprint density at radius 1 is 0.731 bits per heavy atom. The molecule has 0 radical (unpaired) electrons. The van der Waals surface area contributed by atoms with Crippen molar-refractivity contribution >= 4 is 5.69 Å². The molecule has 0 saturated heterocycles. The summed E-state index contributed by atoms with van der Waals surface area (Å²) in [5.41, 5.74) is 2.04. The molecule has 142 valence electrons. The Bertz CT molecular complexity index is 707. The molecule has 1 atom stereocenters. The molecule has 2 aromatic carbocycles. The van der Waals surface area contributed by atoms with E-state index >= 15 is 0 Å². The van der Waals surface area contributed by atoms with Gasteiger partial charge in [-0.25, -0.2) is 0 Å². The molecule has 0 aromatic heterocycles. The van der Waals surface area contributed by atoms with Gasteiger partial charge in [0.1, 0.15) is 0 Å². The Hall–Kier alpha value is -2.76. The summed E-state index contributed by atoms with van der Waals surface area (Å²) in [5, 5.41) is 3.47. The summed E-state index contributed by atoms with van der Waals surface area (Å²) >= 11 is 0. The van der Waals surface area contributed by atoms with Crippen molar-refractivity contribution in [2.24, 2.45) is 0 Å². The first-order valence-corrected chi connectivity index (χ1v) is 8.33. The second-order valence-corrected chi connectivity index (χ2v) is 5.85. The van der Waals surface area contributed by atoms with Crippen molar-refractivity contribution in [3.63, 3.8) is 0 Å². The third-order valence-electron chi connectivity index (χ3n) is 4.06. The van der Waals surface area contributed by atoms with E-state index < -0.39 is 0 Å². The zero-order chi connectivity index (χ0) is 19.1. The van der Waals surface area contributed by atoms with Crippen LogP contribution >= 0.6 is 0 Å². The van der Waals surface area contributed by atoms with Crippen LogP contribution in [-0.2, 0) is 6.42 Å². The van der Waals surface area contributed by atoms with Crippen LogP contribution in [0.4, 0.5) is 5.69 Å². The van der Waals surface area contributed by atoms with Crippen LogP contribution in [0, 0.1) is 0 Å². The van der Waals surface area contributed by atoms with Crippen molar-refractivity contribution in [1.82, 2.24) is 0 Å². The highest BCUT2D eigenvalue weighted by Crippen LogP contribution is 2.38. The molecule has 0 saturated carbocycles. The molecule has 0 bridgehead atoms. The first kappa shape index (κ1) is 19.6. The first-order chi connectivity index (χ1) is 12.6. The van der Waals surface area contributed by atoms with E-state index in [1.54, 1.807) is 35.5 Å². The van der Waals surface area contributed by atoms with Gasteiger partial charge in [-0.15, -0.1) is 0 Å². The van der Waals surface area contributed by atoms with E-state index in [0.717, 1.165) is 17.7 Å². The van der Waals surface area contributed by atoms with Crippen molar-refractivity contribution in [1.29, 1.82) is 0 Å². The Balaban J connectivity index is 2.16. The van der Waals surface area contributed by atoms with Crippen LogP contribution < -0.4 is 29.0 Å². The molecule has 6 nitrogen and oxygen atoms in total. The monoisotopic (exact) mass is 361 g/mol. The average Bonchev–Trinajstić information content (AvgIpc) is 2.66. The van der Waals surface area contributed by atoms with Crippen LogP contribution in [0.1, 0.15) is 12.5 Å². The Morgan fingerprint density at radius 2 is 1.31 bits per heavy atom. The van der Waals surface area contributed by atoms with E-state index in [4.69, 9.17) is 23.7 Å². The minimum Gasteiger partial charge on any atom is -0.493 e. The second-order valence-electron chi connectivity index (χ2n) is 5.85. The fraction of sp³-hybridized carbons (Fsp3) is 0.400. The number of hydrogen-bond donors (Lipinski definition) is 1. The van der Waals surface area contributed by atoms with Crippen molar-refractivity contribution < 1.29 is 23.7 Å². The standard InChI is InChI=1S/C20H27NO5/c1-13(21-15-7-8-16(22-2)17(12-15)23-3)9-14-10-18(24-4)20(26-6)19(11-14)25-5/h7-8,10-13,21H,9H2,1-6H3. The third-order valence-corrected chi connectivity index (χ3v) is 4.06. The van der Waals surface area contributed by atoms with Crippen molar-refractivity contribution in [2.75, 3.05) is 40.9 Å². The maximum atomic E-state index is 5.42. The molecule has 1 N–H and O–H groups in total. The SMILES string of the molecule is COc1ccc(NC(C)Cc2cc(OC)c(OC)c(OC)c2)cc1OC. The number of anilines is 1. The summed E-state index contributed by atoms with van der Waals surface area (Å²) in [4.78, 5) is 0. The number of methoxy groups -OCH3 is 5. The second kappa shape index (κ2) is 9.08. The summed E-state index contributed by atoms with van der Waals surface area (Å²) < 4.78 is 26.8. The van der Waals surface area contributed by atoms with Gasteiger partial charge in [0.2, 0.25) is 5.75 Å². The third kappa shape index (κ3) is 4.45. The van der Waals surface area contributed by atoms with Gasteiger partial charge in [0, 0.05) is 17.8 Å². The molecule has 0 fully saturated rings. The lowest BCUT2D eigenvalue weighted by molar-refractivity contribution is 0.323. The molecule has 0 amide bonds. The lowest BCUT2D eigenvalue weighted by Gasteiger charge is -2.19. The molecule has 0 aliphatic rings. The molecule has 6 heteroatoms. The van der Waals surface area contributed by atoms with Crippen LogP contribution in [0.2, 0.25) is 0 Å². The summed E-state index contributed by atoms with van der Waals surface area (Å²) in [6, 6.07) is 9.88. The largest absolute Gasteiger partial charge is 0.493 e. The van der Waals surface area contributed by atoms with Gasteiger partial charge in [0.25, 0.3) is 0 Å². The fourth-order valence-corrected chi connectivity index (χ4v) is 2.87. The summed E-state index contributed by atoms with van der Waals surface area (Å²) in [5.74, 6) is 3.30. The average molecular weight is 361 g/mol. The molecule has 0 aliphatic carbocycles. The zero-order valence-corrected chi connectivity index (χ0v) is 16.2. The van der Waals surface area contributed by atoms with E-state index in [1.165, 1.54) is 0 Å². The van der Waals surface area contributed by atoms with Gasteiger partial charge in [0.15, 0.2) is 23.0 Å². The number of ether oxygens (including phenoxy) is 5. The quantitative estimate of drug-likeness (QED) is 0.734. The molecule has 1 unspecified atom stereocenters. The smallest absolute Gasteiger partial charge is 0.203 e. The molecule has 26 heavy (non-hydrogen) atoms. The van der Waals surface area contributed by atoms with Crippen molar-refractivity contribution in [3.8, 4) is 28.7 Å². The van der Waals surface area contributed by atoms with E-state index in [9.17, 15) is 0 Å². The number of rotatable bonds is 9. The number of nitrogens with one attached hydrogen (secondary N) is 1. The Kier molecular flexibility index (Phi) is 6.83. The normalized spacial score (nSPS) is 11.5. The summed E-state index contributed by atoms with van der Waals surface area (Å²) in [6.07, 6.45) is 0.783. The van der Waals surface area contributed by atoms with E-state index in [1.807, 2.05) is 30.3 Å². The van der Waals surface area contributed by atoms with Crippen LogP contribution in [0.5, 0.6) is 28.7 Å². The topological polar surface area (TPSA) is 58.2 Å². The Morgan fingerprint density at radius 3 is 1.81 bits per heavy atom. The van der Waals surface area contributed by atoms with Crippen LogP contribution in [0.15, 0.2) is 30.3 Å². The van der Waals surface area contributed by atoms with Gasteiger partial charge in [-0.1, -0.05) is 0 Å². The minimum atomic E-state index is 0.177. The summed E-state index contributed by atoms with van der Waals surface area (Å²) in [7, 11) is 8.08. The van der Waals surface area contributed by atoms with Crippen molar-refractivity contribution in [2.45, 2.75) is 19.4 Å². The number of benzene rings is 2. The predicted octanol–water partition coefficient (Wildman–Crippen LogP) is 3.77. The molecule has 0 spiro atoms. The van der Waals surface area contributed by atoms with Gasteiger partial charge in [-0.3, -0.25) is 0 Å². The highest BCUT2D eigenvalue weighted by molar-refractivity contribution is 5.56. The van der Waals surface area contributed by atoms with E-state index in [0.29, 0.717) is 28.7 Å². The van der Waals surface area contributed by atoms with E-state index in [2.05, 4.69) is 12.2 Å². The molecule has 0 aliphatic heterocycles. The summed E-state index contributed by atoms with van der Waals surface area (Å²) in [6.45, 7) is 2.11. The molecule has 2 aromatic rings. The Labute approximate surface area is 155 Å². The van der Waals surface area contributed by atoms with Crippen LogP contribution in [-0.4, -0.2) is 41.6 Å². The lowest BCUT2D eigenvalue weighted by atomic mass is 10.1. The fourth-order valence-electron chi connectivity index (χ4n) is 2.87. The molecular weight excluding hydrogens is 334 g/mol. The van der Waals surface area contributed by atoms with Gasteiger partial charge < -0.3 is 29.0 Å². The van der Waals surface area contributed by atoms with Crippen LogP contribution in [0.25, 0.3) is 0 Å². The maximum Gasteiger partial charge on any atom is 0.203 e. The molecular formula is C20H27NO5. The number of hydrogen-bond acceptors (Lipinski definition) is 6. The van der Waals surface area contributed by atoms with Gasteiger partial charge in [-0.05, 0) is 43.2 Å². The first-order valence-electron chi connectivity index (χ1n) is 8.33. The highest BCUT2D eigenvalue weighted by atomic mass is 16.5.